The lowest BCUT2D eigenvalue weighted by Crippen LogP contribution is -2.36. The highest BCUT2D eigenvalue weighted by Gasteiger charge is 2.28. The van der Waals surface area contributed by atoms with Gasteiger partial charge in [0.2, 0.25) is 5.91 Å². The number of methoxy groups -OCH3 is 1. The third-order valence-electron chi connectivity index (χ3n) is 5.22. The van der Waals surface area contributed by atoms with Crippen LogP contribution in [0.5, 0.6) is 0 Å². The Kier molecular flexibility index (Phi) is 4.30. The van der Waals surface area contributed by atoms with Crippen LogP contribution in [0.25, 0.3) is 5.76 Å². The summed E-state index contributed by atoms with van der Waals surface area (Å²) in [5, 5.41) is 5.93. The summed E-state index contributed by atoms with van der Waals surface area (Å²) in [4.78, 5) is 16.6. The molecule has 0 radical (unpaired) electrons. The summed E-state index contributed by atoms with van der Waals surface area (Å²) in [6.07, 6.45) is 8.60. The molecule has 5 heteroatoms. The van der Waals surface area contributed by atoms with Gasteiger partial charge in [-0.25, -0.2) is 0 Å². The van der Waals surface area contributed by atoms with Gasteiger partial charge in [0, 0.05) is 11.5 Å². The van der Waals surface area contributed by atoms with Crippen molar-refractivity contribution >= 4 is 18.0 Å². The van der Waals surface area contributed by atoms with E-state index in [0.717, 1.165) is 42.8 Å². The van der Waals surface area contributed by atoms with Crippen LogP contribution in [0.15, 0.2) is 40.7 Å². The smallest absolute Gasteiger partial charge is 0.229 e. The van der Waals surface area contributed by atoms with Crippen LogP contribution in [0.2, 0.25) is 0 Å². The van der Waals surface area contributed by atoms with Crippen molar-refractivity contribution in [2.24, 2.45) is 10.9 Å². The zero-order chi connectivity index (χ0) is 17.2. The van der Waals surface area contributed by atoms with E-state index in [2.05, 4.69) is 33.8 Å². The Balaban J connectivity index is 1.47. The molecule has 1 aromatic rings. The van der Waals surface area contributed by atoms with Gasteiger partial charge >= 0.3 is 0 Å². The first-order valence-electron chi connectivity index (χ1n) is 8.88. The second kappa shape index (κ2) is 6.75. The SMILES string of the molecule is COC(=C1CCC1)c1ccc2c(c1)CC(C(=O)NC1=CCN=CN1)C2. The van der Waals surface area contributed by atoms with Gasteiger partial charge in [0.1, 0.15) is 11.6 Å². The lowest BCUT2D eigenvalue weighted by Gasteiger charge is -2.21. The lowest BCUT2D eigenvalue weighted by molar-refractivity contribution is -0.124. The highest BCUT2D eigenvalue weighted by atomic mass is 16.5. The fourth-order valence-electron chi connectivity index (χ4n) is 3.68. The van der Waals surface area contributed by atoms with Gasteiger partial charge in [-0.2, -0.15) is 0 Å². The molecule has 2 N–H and O–H groups in total. The number of allylic oxidation sites excluding steroid dienone is 1. The van der Waals surface area contributed by atoms with Crippen molar-refractivity contribution in [2.75, 3.05) is 13.7 Å². The maximum Gasteiger partial charge on any atom is 0.229 e. The van der Waals surface area contributed by atoms with Gasteiger partial charge in [-0.3, -0.25) is 9.79 Å². The molecule has 3 aliphatic rings. The number of nitrogens with zero attached hydrogens (tertiary/aromatic N) is 1. The molecular formula is C20H23N3O2. The maximum absolute atomic E-state index is 12.6. The Labute approximate surface area is 147 Å². The first kappa shape index (κ1) is 15.9. The fourth-order valence-corrected chi connectivity index (χ4v) is 3.68. The monoisotopic (exact) mass is 337 g/mol. The number of amides is 1. The van der Waals surface area contributed by atoms with Crippen LogP contribution in [-0.4, -0.2) is 25.9 Å². The van der Waals surface area contributed by atoms with E-state index in [4.69, 9.17) is 4.74 Å². The van der Waals surface area contributed by atoms with Gasteiger partial charge in [-0.05, 0) is 60.9 Å². The van der Waals surface area contributed by atoms with Gasteiger partial charge in [-0.1, -0.05) is 12.1 Å². The summed E-state index contributed by atoms with van der Waals surface area (Å²) in [6.45, 7) is 0.603. The summed E-state index contributed by atoms with van der Waals surface area (Å²) in [5.41, 5.74) is 5.08. The van der Waals surface area contributed by atoms with Crippen LogP contribution in [0.3, 0.4) is 0 Å². The number of benzene rings is 1. The Morgan fingerprint density at radius 2 is 2.12 bits per heavy atom. The van der Waals surface area contributed by atoms with Crippen LogP contribution in [0.4, 0.5) is 0 Å². The minimum absolute atomic E-state index is 0.0193. The number of aliphatic imine (C=N–C) groups is 1. The number of ether oxygens (including phenoxy) is 1. The predicted octanol–water partition coefficient (Wildman–Crippen LogP) is 2.53. The third-order valence-corrected chi connectivity index (χ3v) is 5.22. The fraction of sp³-hybridized carbons (Fsp3) is 0.400. The maximum atomic E-state index is 12.6. The molecule has 1 saturated carbocycles. The molecule has 4 rings (SSSR count). The van der Waals surface area contributed by atoms with E-state index in [9.17, 15) is 4.79 Å². The number of carbonyl (C=O) groups is 1. The van der Waals surface area contributed by atoms with E-state index in [1.54, 1.807) is 13.4 Å². The number of nitrogens with one attached hydrogen (secondary N) is 2. The van der Waals surface area contributed by atoms with Crippen molar-refractivity contribution in [3.63, 3.8) is 0 Å². The molecule has 1 atom stereocenters. The Morgan fingerprint density at radius 1 is 1.28 bits per heavy atom. The average Bonchev–Trinajstić information content (AvgIpc) is 3.02. The summed E-state index contributed by atoms with van der Waals surface area (Å²) in [5.74, 6) is 1.80. The standard InChI is InChI=1S/C20H23N3O2/c1-25-19(13-3-2-4-13)15-6-5-14-9-17(11-16(14)10-15)20(24)23-18-7-8-21-12-22-18/h5-7,10,12,17H,2-4,8-9,11H2,1H3,(H,21,22)(H,23,24). The number of hydrogen-bond acceptors (Lipinski definition) is 4. The van der Waals surface area contributed by atoms with E-state index in [-0.39, 0.29) is 11.8 Å². The van der Waals surface area contributed by atoms with Crippen molar-refractivity contribution in [1.82, 2.24) is 10.6 Å². The Bertz CT molecular complexity index is 786. The number of carbonyl (C=O) groups excluding carboxylic acids is 1. The van der Waals surface area contributed by atoms with Gasteiger partial charge in [0.05, 0.1) is 20.0 Å². The van der Waals surface area contributed by atoms with E-state index in [0.29, 0.717) is 6.54 Å². The zero-order valence-electron chi connectivity index (χ0n) is 14.5. The van der Waals surface area contributed by atoms with Gasteiger partial charge in [0.25, 0.3) is 0 Å². The van der Waals surface area contributed by atoms with Crippen molar-refractivity contribution in [1.29, 1.82) is 0 Å². The highest BCUT2D eigenvalue weighted by molar-refractivity contribution is 5.82. The minimum Gasteiger partial charge on any atom is -0.496 e. The van der Waals surface area contributed by atoms with Crippen molar-refractivity contribution < 1.29 is 9.53 Å². The third kappa shape index (κ3) is 3.18. The first-order valence-corrected chi connectivity index (χ1v) is 8.88. The number of hydrogen-bond donors (Lipinski definition) is 2. The molecule has 1 aliphatic heterocycles. The van der Waals surface area contributed by atoms with E-state index in [1.165, 1.54) is 23.1 Å². The quantitative estimate of drug-likeness (QED) is 0.830. The molecule has 0 saturated heterocycles. The average molecular weight is 337 g/mol. The molecule has 1 unspecified atom stereocenters. The molecule has 5 nitrogen and oxygen atoms in total. The van der Waals surface area contributed by atoms with Crippen molar-refractivity contribution in [3.8, 4) is 0 Å². The molecule has 130 valence electrons. The zero-order valence-corrected chi connectivity index (χ0v) is 14.5. The second-order valence-corrected chi connectivity index (χ2v) is 6.82. The van der Waals surface area contributed by atoms with Gasteiger partial charge in [0.15, 0.2) is 0 Å². The molecule has 0 bridgehead atoms. The topological polar surface area (TPSA) is 62.7 Å². The summed E-state index contributed by atoms with van der Waals surface area (Å²) >= 11 is 0. The second-order valence-electron chi connectivity index (χ2n) is 6.82. The number of rotatable bonds is 4. The molecule has 25 heavy (non-hydrogen) atoms. The van der Waals surface area contributed by atoms with Crippen LogP contribution in [0.1, 0.15) is 36.0 Å². The minimum atomic E-state index is -0.0193. The van der Waals surface area contributed by atoms with Crippen molar-refractivity contribution in [2.45, 2.75) is 32.1 Å². The molecule has 0 spiro atoms. The predicted molar refractivity (Wildman–Crippen MR) is 97.8 cm³/mol. The molecule has 2 aliphatic carbocycles. The van der Waals surface area contributed by atoms with E-state index < -0.39 is 0 Å². The molecule has 1 heterocycles. The number of fused-ring (bicyclic) bond motifs is 1. The first-order chi connectivity index (χ1) is 12.2. The van der Waals surface area contributed by atoms with Crippen LogP contribution in [-0.2, 0) is 22.4 Å². The Hall–Kier alpha value is -2.56. The summed E-state index contributed by atoms with van der Waals surface area (Å²) in [7, 11) is 1.75. The summed E-state index contributed by atoms with van der Waals surface area (Å²) in [6, 6.07) is 6.49. The summed E-state index contributed by atoms with van der Waals surface area (Å²) < 4.78 is 5.65. The van der Waals surface area contributed by atoms with Crippen molar-refractivity contribution in [3.05, 3.63) is 52.4 Å². The van der Waals surface area contributed by atoms with Crippen LogP contribution >= 0.6 is 0 Å². The largest absolute Gasteiger partial charge is 0.496 e. The molecule has 1 fully saturated rings. The van der Waals surface area contributed by atoms with E-state index >= 15 is 0 Å². The normalized spacial score (nSPS) is 20.9. The lowest BCUT2D eigenvalue weighted by atomic mass is 9.89. The van der Waals surface area contributed by atoms with Crippen LogP contribution < -0.4 is 10.6 Å². The van der Waals surface area contributed by atoms with Gasteiger partial charge in [-0.15, -0.1) is 0 Å². The molecular weight excluding hydrogens is 314 g/mol. The highest BCUT2D eigenvalue weighted by Crippen LogP contribution is 2.36. The van der Waals surface area contributed by atoms with Gasteiger partial charge < -0.3 is 15.4 Å². The molecule has 1 amide bonds. The molecule has 1 aromatic carbocycles. The van der Waals surface area contributed by atoms with E-state index in [1.807, 2.05) is 6.08 Å². The van der Waals surface area contributed by atoms with Crippen LogP contribution in [0, 0.1) is 5.92 Å². The Morgan fingerprint density at radius 3 is 2.80 bits per heavy atom. The molecule has 0 aromatic heterocycles.